The largest absolute Gasteiger partial charge is 0.374 e. The summed E-state index contributed by atoms with van der Waals surface area (Å²) >= 11 is 6.02. The van der Waals surface area contributed by atoms with E-state index in [-0.39, 0.29) is 0 Å². The Morgan fingerprint density at radius 1 is 1.39 bits per heavy atom. The fourth-order valence-electron chi connectivity index (χ4n) is 3.07. The molecule has 4 rings (SSSR count). The fourth-order valence-corrected chi connectivity index (χ4v) is 3.23. The molecule has 2 aliphatic rings. The van der Waals surface area contributed by atoms with E-state index in [0.717, 1.165) is 25.0 Å². The molecule has 0 saturated carbocycles. The number of nitrogens with zero attached hydrogens (tertiary/aromatic N) is 2. The Morgan fingerprint density at radius 2 is 2.33 bits per heavy atom. The highest BCUT2D eigenvalue weighted by Gasteiger charge is 2.39. The summed E-state index contributed by atoms with van der Waals surface area (Å²) in [6.07, 6.45) is 3.39. The smallest absolute Gasteiger partial charge is 0.129 e. The van der Waals surface area contributed by atoms with Crippen molar-refractivity contribution in [1.29, 1.82) is 0 Å². The molecule has 0 amide bonds. The van der Waals surface area contributed by atoms with Crippen molar-refractivity contribution in [3.05, 3.63) is 35.6 Å². The molecule has 0 unspecified atom stereocenters. The number of halogens is 1. The van der Waals surface area contributed by atoms with Crippen LogP contribution in [0, 0.1) is 0 Å². The summed E-state index contributed by atoms with van der Waals surface area (Å²) in [6, 6.07) is 8.80. The number of morpholine rings is 1. The summed E-state index contributed by atoms with van der Waals surface area (Å²) in [5.41, 5.74) is 1.26. The molecule has 1 aromatic carbocycles. The number of benzene rings is 1. The average molecular weight is 261 g/mol. The summed E-state index contributed by atoms with van der Waals surface area (Å²) < 4.78 is 5.66. The number of aromatic nitrogens is 1. The van der Waals surface area contributed by atoms with Crippen molar-refractivity contribution in [2.45, 2.75) is 18.6 Å². The van der Waals surface area contributed by atoms with Crippen LogP contribution < -0.4 is 4.90 Å². The topological polar surface area (TPSA) is 25.4 Å². The van der Waals surface area contributed by atoms with E-state index in [9.17, 15) is 0 Å². The fraction of sp³-hybridized carbons (Fsp3) is 0.357. The highest BCUT2D eigenvalue weighted by molar-refractivity contribution is 6.30. The van der Waals surface area contributed by atoms with Gasteiger partial charge in [-0.3, -0.25) is 0 Å². The first kappa shape index (κ1) is 10.6. The third-order valence-electron chi connectivity index (χ3n) is 3.92. The van der Waals surface area contributed by atoms with Crippen molar-refractivity contribution < 1.29 is 4.74 Å². The summed E-state index contributed by atoms with van der Waals surface area (Å²) in [5.74, 6) is 0. The number of rotatable bonds is 1. The minimum absolute atomic E-state index is 0.405. The SMILES string of the molecule is Clc1cc2c(N3C[C@H]4C[C@@H]3CO4)cccc2cn1. The van der Waals surface area contributed by atoms with Gasteiger partial charge in [0, 0.05) is 29.2 Å². The van der Waals surface area contributed by atoms with Crippen molar-refractivity contribution in [2.75, 3.05) is 18.1 Å². The first-order chi connectivity index (χ1) is 8.81. The third-order valence-corrected chi connectivity index (χ3v) is 4.12. The molecule has 0 N–H and O–H groups in total. The van der Waals surface area contributed by atoms with Crippen molar-refractivity contribution in [1.82, 2.24) is 4.98 Å². The predicted molar refractivity (Wildman–Crippen MR) is 72.2 cm³/mol. The Bertz CT molecular complexity index is 616. The van der Waals surface area contributed by atoms with E-state index in [1.807, 2.05) is 12.3 Å². The van der Waals surface area contributed by atoms with Crippen LogP contribution in [0.1, 0.15) is 6.42 Å². The van der Waals surface area contributed by atoms with Crippen LogP contribution in [0.4, 0.5) is 5.69 Å². The van der Waals surface area contributed by atoms with E-state index in [4.69, 9.17) is 16.3 Å². The standard InChI is InChI=1S/C14H13ClN2O/c15-14-5-12-9(6-16-14)2-1-3-13(12)17-7-11-4-10(17)8-18-11/h1-3,5-6,10-11H,4,7-8H2/t10-,11-/m1/s1. The molecule has 2 atom stereocenters. The minimum atomic E-state index is 0.405. The number of ether oxygens (including phenoxy) is 1. The van der Waals surface area contributed by atoms with E-state index in [1.54, 1.807) is 0 Å². The van der Waals surface area contributed by atoms with Crippen LogP contribution in [0.25, 0.3) is 10.8 Å². The van der Waals surface area contributed by atoms with Gasteiger partial charge in [0.05, 0.1) is 18.8 Å². The zero-order valence-corrected chi connectivity index (χ0v) is 10.6. The molecular formula is C14H13ClN2O. The van der Waals surface area contributed by atoms with Gasteiger partial charge in [0.15, 0.2) is 0 Å². The molecule has 2 fully saturated rings. The second kappa shape index (κ2) is 3.84. The first-order valence-corrected chi connectivity index (χ1v) is 6.61. The van der Waals surface area contributed by atoms with Crippen LogP contribution in [0.2, 0.25) is 5.15 Å². The van der Waals surface area contributed by atoms with E-state index >= 15 is 0 Å². The molecule has 92 valence electrons. The highest BCUT2D eigenvalue weighted by Crippen LogP contribution is 2.36. The van der Waals surface area contributed by atoms with Gasteiger partial charge < -0.3 is 9.64 Å². The second-order valence-electron chi connectivity index (χ2n) is 5.00. The lowest BCUT2D eigenvalue weighted by atomic mass is 10.1. The average Bonchev–Trinajstić information content (AvgIpc) is 3.00. The van der Waals surface area contributed by atoms with Crippen molar-refractivity contribution >= 4 is 28.1 Å². The van der Waals surface area contributed by atoms with Gasteiger partial charge in [0.2, 0.25) is 0 Å². The molecule has 3 nitrogen and oxygen atoms in total. The molecule has 0 radical (unpaired) electrons. The summed E-state index contributed by atoms with van der Waals surface area (Å²) in [6.45, 7) is 1.84. The Morgan fingerprint density at radius 3 is 3.11 bits per heavy atom. The number of fused-ring (bicyclic) bond motifs is 3. The molecule has 18 heavy (non-hydrogen) atoms. The number of hydrogen-bond acceptors (Lipinski definition) is 3. The van der Waals surface area contributed by atoms with Gasteiger partial charge in [0.25, 0.3) is 0 Å². The number of anilines is 1. The van der Waals surface area contributed by atoms with Gasteiger partial charge in [-0.25, -0.2) is 4.98 Å². The van der Waals surface area contributed by atoms with Crippen LogP contribution >= 0.6 is 11.6 Å². The van der Waals surface area contributed by atoms with Gasteiger partial charge in [-0.2, -0.15) is 0 Å². The molecule has 1 aromatic heterocycles. The molecular weight excluding hydrogens is 248 g/mol. The quantitative estimate of drug-likeness (QED) is 0.738. The van der Waals surface area contributed by atoms with Crippen LogP contribution in [0.3, 0.4) is 0 Å². The maximum absolute atomic E-state index is 6.02. The Kier molecular flexibility index (Phi) is 2.26. The van der Waals surface area contributed by atoms with Crippen molar-refractivity contribution in [3.63, 3.8) is 0 Å². The lowest BCUT2D eigenvalue weighted by Crippen LogP contribution is -2.36. The molecule has 2 aliphatic heterocycles. The summed E-state index contributed by atoms with van der Waals surface area (Å²) in [5, 5.41) is 2.88. The van der Waals surface area contributed by atoms with Gasteiger partial charge in [-0.1, -0.05) is 23.7 Å². The number of hydrogen-bond donors (Lipinski definition) is 0. The molecule has 2 aromatic rings. The van der Waals surface area contributed by atoms with E-state index < -0.39 is 0 Å². The van der Waals surface area contributed by atoms with Crippen LogP contribution in [0.15, 0.2) is 30.5 Å². The summed E-state index contributed by atoms with van der Waals surface area (Å²) in [4.78, 5) is 6.60. The Balaban J connectivity index is 1.87. The van der Waals surface area contributed by atoms with E-state index in [0.29, 0.717) is 17.3 Å². The van der Waals surface area contributed by atoms with Gasteiger partial charge >= 0.3 is 0 Å². The van der Waals surface area contributed by atoms with E-state index in [1.165, 1.54) is 11.1 Å². The Labute approximate surface area is 110 Å². The lowest BCUT2D eigenvalue weighted by molar-refractivity contribution is 0.0992. The minimum Gasteiger partial charge on any atom is -0.374 e. The van der Waals surface area contributed by atoms with Gasteiger partial charge in [-0.15, -0.1) is 0 Å². The van der Waals surface area contributed by atoms with Gasteiger partial charge in [-0.05, 0) is 18.6 Å². The maximum Gasteiger partial charge on any atom is 0.129 e. The van der Waals surface area contributed by atoms with Crippen LogP contribution in [-0.4, -0.2) is 30.3 Å². The predicted octanol–water partition coefficient (Wildman–Crippen LogP) is 2.87. The normalized spacial score (nSPS) is 26.2. The molecule has 0 aliphatic carbocycles. The van der Waals surface area contributed by atoms with Crippen LogP contribution in [0.5, 0.6) is 0 Å². The van der Waals surface area contributed by atoms with Crippen molar-refractivity contribution in [2.24, 2.45) is 0 Å². The molecule has 2 saturated heterocycles. The van der Waals surface area contributed by atoms with Crippen molar-refractivity contribution in [3.8, 4) is 0 Å². The monoisotopic (exact) mass is 260 g/mol. The number of pyridine rings is 1. The van der Waals surface area contributed by atoms with E-state index in [2.05, 4.69) is 28.1 Å². The maximum atomic E-state index is 6.02. The van der Waals surface area contributed by atoms with Crippen LogP contribution in [-0.2, 0) is 4.74 Å². The Hall–Kier alpha value is -1.32. The molecule has 0 spiro atoms. The van der Waals surface area contributed by atoms with Gasteiger partial charge in [0.1, 0.15) is 5.15 Å². The first-order valence-electron chi connectivity index (χ1n) is 6.24. The molecule has 2 bridgehead atoms. The highest BCUT2D eigenvalue weighted by atomic mass is 35.5. The second-order valence-corrected chi connectivity index (χ2v) is 5.39. The zero-order chi connectivity index (χ0) is 12.1. The summed E-state index contributed by atoms with van der Waals surface area (Å²) in [7, 11) is 0. The zero-order valence-electron chi connectivity index (χ0n) is 9.84. The lowest BCUT2D eigenvalue weighted by Gasteiger charge is -2.30. The molecule has 4 heteroatoms. The molecule has 3 heterocycles. The third kappa shape index (κ3) is 1.51.